The van der Waals surface area contributed by atoms with E-state index in [-0.39, 0.29) is 6.29 Å². The van der Waals surface area contributed by atoms with E-state index in [1.54, 1.807) is 0 Å². The second-order valence-electron chi connectivity index (χ2n) is 4.15. The van der Waals surface area contributed by atoms with Crippen molar-refractivity contribution in [2.24, 2.45) is 11.3 Å². The van der Waals surface area contributed by atoms with Crippen molar-refractivity contribution in [1.29, 1.82) is 0 Å². The van der Waals surface area contributed by atoms with Crippen LogP contribution in [0.1, 0.15) is 13.8 Å². The Hall–Kier alpha value is -0.910. The molecular formula is C9H11F3O3. The first-order chi connectivity index (χ1) is 6.71. The summed E-state index contributed by atoms with van der Waals surface area (Å²) in [6, 6.07) is 0. The first kappa shape index (κ1) is 12.2. The maximum absolute atomic E-state index is 11.9. The molecule has 0 aromatic rings. The fourth-order valence-corrected chi connectivity index (χ4v) is 1.80. The Morgan fingerprint density at radius 1 is 1.33 bits per heavy atom. The van der Waals surface area contributed by atoms with Gasteiger partial charge in [-0.25, -0.2) is 0 Å². The smallest absolute Gasteiger partial charge is 0.357 e. The second-order valence-corrected chi connectivity index (χ2v) is 4.15. The maximum atomic E-state index is 11.9. The van der Waals surface area contributed by atoms with Crippen molar-refractivity contribution >= 4 is 12.6 Å². The van der Waals surface area contributed by atoms with Crippen LogP contribution < -0.4 is 0 Å². The van der Waals surface area contributed by atoms with E-state index in [0.29, 0.717) is 6.29 Å². The van der Waals surface area contributed by atoms with Crippen LogP contribution in [0, 0.1) is 11.3 Å². The van der Waals surface area contributed by atoms with E-state index >= 15 is 0 Å². The van der Waals surface area contributed by atoms with E-state index in [1.165, 1.54) is 13.8 Å². The zero-order chi connectivity index (χ0) is 11.9. The molecule has 15 heavy (non-hydrogen) atoms. The third-order valence-corrected chi connectivity index (χ3v) is 2.95. The van der Waals surface area contributed by atoms with Gasteiger partial charge in [-0.05, 0) is 0 Å². The molecule has 0 heterocycles. The lowest BCUT2D eigenvalue weighted by molar-refractivity contribution is -0.193. The number of hydrogen-bond donors (Lipinski definition) is 0. The van der Waals surface area contributed by atoms with Crippen molar-refractivity contribution < 1.29 is 27.5 Å². The van der Waals surface area contributed by atoms with E-state index < -0.39 is 29.7 Å². The summed E-state index contributed by atoms with van der Waals surface area (Å²) in [4.78, 5) is 21.3. The summed E-state index contributed by atoms with van der Waals surface area (Å²) >= 11 is 0. The molecule has 1 aliphatic carbocycles. The van der Waals surface area contributed by atoms with Crippen LogP contribution in [0.2, 0.25) is 0 Å². The van der Waals surface area contributed by atoms with E-state index in [2.05, 4.69) is 4.74 Å². The van der Waals surface area contributed by atoms with Gasteiger partial charge in [0.1, 0.15) is 18.5 Å². The minimum atomic E-state index is -4.50. The molecule has 0 aromatic carbocycles. The summed E-state index contributed by atoms with van der Waals surface area (Å²) in [6.45, 7) is 1.53. The highest BCUT2D eigenvalue weighted by Crippen LogP contribution is 2.61. The molecule has 0 radical (unpaired) electrons. The van der Waals surface area contributed by atoms with Gasteiger partial charge < -0.3 is 14.3 Å². The zero-order valence-corrected chi connectivity index (χ0v) is 8.30. The van der Waals surface area contributed by atoms with Crippen molar-refractivity contribution in [2.75, 3.05) is 6.61 Å². The molecule has 2 atom stereocenters. The Balaban J connectivity index is 2.74. The highest BCUT2D eigenvalue weighted by molar-refractivity contribution is 5.82. The van der Waals surface area contributed by atoms with Crippen molar-refractivity contribution in [3.63, 3.8) is 0 Å². The van der Waals surface area contributed by atoms with Crippen LogP contribution >= 0.6 is 0 Å². The molecule has 0 aromatic heterocycles. The minimum absolute atomic E-state index is 0.289. The molecule has 1 saturated carbocycles. The van der Waals surface area contributed by atoms with Crippen LogP contribution in [-0.2, 0) is 14.3 Å². The SMILES string of the molecule is CC1(C)C(C=O)C1(C=O)OCC(F)(F)F. The van der Waals surface area contributed by atoms with E-state index in [0.717, 1.165) is 0 Å². The van der Waals surface area contributed by atoms with Crippen molar-refractivity contribution in [1.82, 2.24) is 0 Å². The maximum Gasteiger partial charge on any atom is 0.411 e. The molecule has 3 nitrogen and oxygen atoms in total. The first-order valence-corrected chi connectivity index (χ1v) is 4.33. The molecule has 2 unspecified atom stereocenters. The first-order valence-electron chi connectivity index (χ1n) is 4.33. The quantitative estimate of drug-likeness (QED) is 0.677. The number of hydrogen-bond acceptors (Lipinski definition) is 3. The van der Waals surface area contributed by atoms with E-state index in [4.69, 9.17) is 0 Å². The number of carbonyl (C=O) groups is 2. The monoisotopic (exact) mass is 224 g/mol. The Morgan fingerprint density at radius 3 is 2.13 bits per heavy atom. The molecule has 0 spiro atoms. The molecule has 1 fully saturated rings. The van der Waals surface area contributed by atoms with Gasteiger partial charge in [0.25, 0.3) is 0 Å². The summed E-state index contributed by atoms with van der Waals surface area (Å²) in [5.74, 6) is -0.801. The average molecular weight is 224 g/mol. The predicted molar refractivity (Wildman–Crippen MR) is 44.1 cm³/mol. The lowest BCUT2D eigenvalue weighted by Crippen LogP contribution is -2.30. The van der Waals surface area contributed by atoms with Gasteiger partial charge in [0.05, 0.1) is 5.92 Å². The Kier molecular flexibility index (Phi) is 2.67. The largest absolute Gasteiger partial charge is 0.411 e. The van der Waals surface area contributed by atoms with Crippen LogP contribution in [0.15, 0.2) is 0 Å². The van der Waals surface area contributed by atoms with Gasteiger partial charge in [-0.15, -0.1) is 0 Å². The third-order valence-electron chi connectivity index (χ3n) is 2.95. The molecule has 0 saturated heterocycles. The van der Waals surface area contributed by atoms with Gasteiger partial charge in [-0.2, -0.15) is 13.2 Å². The lowest BCUT2D eigenvalue weighted by Gasteiger charge is -2.15. The summed E-state index contributed by atoms with van der Waals surface area (Å²) in [5.41, 5.74) is -2.47. The molecule has 86 valence electrons. The van der Waals surface area contributed by atoms with E-state index in [1.807, 2.05) is 0 Å². The highest BCUT2D eigenvalue weighted by atomic mass is 19.4. The molecular weight excluding hydrogens is 213 g/mol. The minimum Gasteiger partial charge on any atom is -0.357 e. The molecule has 1 rings (SSSR count). The van der Waals surface area contributed by atoms with Crippen molar-refractivity contribution in [2.45, 2.75) is 25.6 Å². The van der Waals surface area contributed by atoms with Crippen LogP contribution in [0.3, 0.4) is 0 Å². The number of alkyl halides is 3. The zero-order valence-electron chi connectivity index (χ0n) is 8.30. The topological polar surface area (TPSA) is 43.4 Å². The number of ether oxygens (including phenoxy) is 1. The normalized spacial score (nSPS) is 33.5. The van der Waals surface area contributed by atoms with Crippen LogP contribution in [-0.4, -0.2) is 31.0 Å². The van der Waals surface area contributed by atoms with Gasteiger partial charge in [-0.3, -0.25) is 0 Å². The molecule has 1 aliphatic rings. The van der Waals surface area contributed by atoms with Gasteiger partial charge in [0.2, 0.25) is 0 Å². The van der Waals surface area contributed by atoms with Crippen molar-refractivity contribution in [3.05, 3.63) is 0 Å². The third kappa shape index (κ3) is 1.78. The number of rotatable bonds is 4. The molecule has 0 amide bonds. The summed E-state index contributed by atoms with van der Waals surface area (Å²) < 4.78 is 40.3. The van der Waals surface area contributed by atoms with Gasteiger partial charge in [0.15, 0.2) is 6.29 Å². The van der Waals surface area contributed by atoms with Gasteiger partial charge in [-0.1, -0.05) is 13.8 Å². The molecule has 0 bridgehead atoms. The fourth-order valence-electron chi connectivity index (χ4n) is 1.80. The van der Waals surface area contributed by atoms with Crippen molar-refractivity contribution in [3.8, 4) is 0 Å². The lowest BCUT2D eigenvalue weighted by atomic mass is 10.1. The van der Waals surface area contributed by atoms with Gasteiger partial charge >= 0.3 is 6.18 Å². The Bertz CT molecular complexity index is 285. The average Bonchev–Trinajstić information content (AvgIpc) is 2.57. The number of aldehydes is 2. The van der Waals surface area contributed by atoms with Crippen LogP contribution in [0.4, 0.5) is 13.2 Å². The standard InChI is InChI=1S/C9H11F3O3/c1-7(2)6(3-13)8(7,4-14)15-5-9(10,11)12/h3-4,6H,5H2,1-2H3. The Morgan fingerprint density at radius 2 is 1.87 bits per heavy atom. The van der Waals surface area contributed by atoms with Crippen LogP contribution in [0.25, 0.3) is 0 Å². The highest BCUT2D eigenvalue weighted by Gasteiger charge is 2.73. The summed E-state index contributed by atoms with van der Waals surface area (Å²) in [6.07, 6.45) is -3.75. The molecule has 0 aliphatic heterocycles. The van der Waals surface area contributed by atoms with E-state index in [9.17, 15) is 22.8 Å². The van der Waals surface area contributed by atoms with Crippen LogP contribution in [0.5, 0.6) is 0 Å². The summed E-state index contributed by atoms with van der Waals surface area (Å²) in [5, 5.41) is 0. The molecule has 0 N–H and O–H groups in total. The van der Waals surface area contributed by atoms with Gasteiger partial charge in [0, 0.05) is 5.41 Å². The second kappa shape index (κ2) is 3.30. The number of carbonyl (C=O) groups excluding carboxylic acids is 2. The number of halogens is 3. The predicted octanol–water partition coefficient (Wildman–Crippen LogP) is 1.36. The molecule has 6 heteroatoms. The summed E-state index contributed by atoms with van der Waals surface area (Å²) in [7, 11) is 0. The Labute approximate surface area is 84.6 Å². The fraction of sp³-hybridized carbons (Fsp3) is 0.778.